The lowest BCUT2D eigenvalue weighted by Crippen LogP contribution is -2.47. The molecule has 4 N–H and O–H groups in total. The number of piperidine rings is 1. The number of carbonyl (C=O) groups excluding carboxylic acids is 1. The number of carbonyl (C=O) groups is 1. The van der Waals surface area contributed by atoms with Crippen molar-refractivity contribution in [2.45, 2.75) is 23.1 Å². The molecule has 0 bridgehead atoms. The molecule has 20 heavy (non-hydrogen) atoms. The second-order valence-corrected chi connectivity index (χ2v) is 7.26. The highest BCUT2D eigenvalue weighted by Crippen LogP contribution is 2.34. The van der Waals surface area contributed by atoms with Crippen LogP contribution in [0.2, 0.25) is 0 Å². The Bertz CT molecular complexity index is 643. The molecule has 1 aromatic heterocycles. The number of hydrogen-bond donors (Lipinski definition) is 3. The van der Waals surface area contributed by atoms with Gasteiger partial charge in [0, 0.05) is 25.1 Å². The number of rotatable bonds is 4. The first-order valence-corrected chi connectivity index (χ1v) is 7.92. The molecule has 2 heterocycles. The Labute approximate surface area is 118 Å². The van der Waals surface area contributed by atoms with E-state index in [0.717, 1.165) is 6.07 Å². The normalized spacial score (nSPS) is 19.6. The third-order valence-electron chi connectivity index (χ3n) is 2.77. The average molecular weight is 320 g/mol. The van der Waals surface area contributed by atoms with Crippen LogP contribution >= 0.6 is 11.3 Å². The van der Waals surface area contributed by atoms with E-state index < -0.39 is 26.7 Å². The van der Waals surface area contributed by atoms with Crippen molar-refractivity contribution in [1.29, 1.82) is 0 Å². The van der Waals surface area contributed by atoms with Gasteiger partial charge in [0.15, 0.2) is 5.00 Å². The minimum absolute atomic E-state index is 0.128. The van der Waals surface area contributed by atoms with Crippen molar-refractivity contribution in [3.63, 3.8) is 0 Å². The van der Waals surface area contributed by atoms with E-state index >= 15 is 0 Å². The first-order valence-electron chi connectivity index (χ1n) is 5.62. The number of nitrogens with one attached hydrogen (secondary N) is 2. The van der Waals surface area contributed by atoms with Crippen molar-refractivity contribution in [2.24, 2.45) is 0 Å². The number of nitro groups is 1. The maximum Gasteiger partial charge on any atom is 0.304 e. The summed E-state index contributed by atoms with van der Waals surface area (Å²) in [6.07, 6.45) is 0.619. The van der Waals surface area contributed by atoms with Gasteiger partial charge in [0.2, 0.25) is 5.91 Å². The molecule has 9 nitrogen and oxygen atoms in total. The summed E-state index contributed by atoms with van der Waals surface area (Å²) in [5.74, 6) is -0.128. The summed E-state index contributed by atoms with van der Waals surface area (Å²) in [6, 6.07) is 0.504. The first kappa shape index (κ1) is 14.7. The van der Waals surface area contributed by atoms with Gasteiger partial charge in [0.25, 0.3) is 10.0 Å². The lowest BCUT2D eigenvalue weighted by atomic mass is 10.1. The fourth-order valence-electron chi connectivity index (χ4n) is 1.76. The van der Waals surface area contributed by atoms with E-state index in [1.807, 2.05) is 0 Å². The summed E-state index contributed by atoms with van der Waals surface area (Å²) < 4.78 is 26.3. The summed E-state index contributed by atoms with van der Waals surface area (Å²) >= 11 is 0.637. The van der Waals surface area contributed by atoms with Crippen LogP contribution in [0.25, 0.3) is 0 Å². The standard InChI is InChI=1S/C9H12N4O5S2/c10-9-6(13(15)16)3-8(19-9)20(17,18)12-5-1-2-7(14)11-4-5/h3,5,12H,1-2,4,10H2,(H,11,14). The molecular weight excluding hydrogens is 308 g/mol. The number of amides is 1. The van der Waals surface area contributed by atoms with Crippen LogP contribution in [0.3, 0.4) is 0 Å². The Balaban J connectivity index is 2.16. The second-order valence-electron chi connectivity index (χ2n) is 4.23. The van der Waals surface area contributed by atoms with Gasteiger partial charge in [0.05, 0.1) is 4.92 Å². The van der Waals surface area contributed by atoms with Crippen molar-refractivity contribution in [1.82, 2.24) is 10.0 Å². The van der Waals surface area contributed by atoms with Gasteiger partial charge in [0.1, 0.15) is 4.21 Å². The van der Waals surface area contributed by atoms with Gasteiger partial charge >= 0.3 is 5.69 Å². The first-order chi connectivity index (χ1) is 9.29. The van der Waals surface area contributed by atoms with Gasteiger partial charge in [-0.05, 0) is 6.42 Å². The Morgan fingerprint density at radius 1 is 1.55 bits per heavy atom. The van der Waals surface area contributed by atoms with Gasteiger partial charge in [-0.25, -0.2) is 13.1 Å². The smallest absolute Gasteiger partial charge is 0.304 e. The van der Waals surface area contributed by atoms with Gasteiger partial charge < -0.3 is 11.1 Å². The van der Waals surface area contributed by atoms with Crippen molar-refractivity contribution >= 4 is 38.0 Å². The van der Waals surface area contributed by atoms with E-state index in [-0.39, 0.29) is 28.1 Å². The third-order valence-corrected chi connectivity index (χ3v) is 5.71. The Hall–Kier alpha value is -1.72. The Morgan fingerprint density at radius 2 is 2.25 bits per heavy atom. The SMILES string of the molecule is Nc1sc(S(=O)(=O)NC2CCC(=O)NC2)cc1[N+](=O)[O-]. The predicted molar refractivity (Wildman–Crippen MR) is 71.7 cm³/mol. The highest BCUT2D eigenvalue weighted by atomic mass is 32.2. The quantitative estimate of drug-likeness (QED) is 0.517. The molecule has 1 unspecified atom stereocenters. The highest BCUT2D eigenvalue weighted by Gasteiger charge is 2.28. The lowest BCUT2D eigenvalue weighted by Gasteiger charge is -2.22. The zero-order valence-corrected chi connectivity index (χ0v) is 11.8. The summed E-state index contributed by atoms with van der Waals surface area (Å²) in [6.45, 7) is 0.195. The number of hydrogen-bond acceptors (Lipinski definition) is 7. The predicted octanol–water partition coefficient (Wildman–Crippen LogP) is -0.205. The van der Waals surface area contributed by atoms with Crippen LogP contribution in [-0.4, -0.2) is 31.8 Å². The summed E-state index contributed by atoms with van der Waals surface area (Å²) in [5.41, 5.74) is 4.99. The van der Waals surface area contributed by atoms with E-state index in [9.17, 15) is 23.3 Å². The molecule has 0 aromatic carbocycles. The van der Waals surface area contributed by atoms with Crippen LogP contribution in [0.1, 0.15) is 12.8 Å². The highest BCUT2D eigenvalue weighted by molar-refractivity contribution is 7.91. The molecule has 0 aliphatic carbocycles. The largest absolute Gasteiger partial charge is 0.385 e. The molecule has 1 amide bonds. The third kappa shape index (κ3) is 3.05. The Morgan fingerprint density at radius 3 is 2.75 bits per heavy atom. The summed E-state index contributed by atoms with van der Waals surface area (Å²) in [5, 5.41) is 13.0. The van der Waals surface area contributed by atoms with Crippen molar-refractivity contribution in [3.8, 4) is 0 Å². The van der Waals surface area contributed by atoms with Gasteiger partial charge in [-0.3, -0.25) is 14.9 Å². The molecule has 110 valence electrons. The maximum absolute atomic E-state index is 12.1. The molecule has 1 aliphatic rings. The number of thiophene rings is 1. The lowest BCUT2D eigenvalue weighted by molar-refractivity contribution is -0.383. The molecule has 0 radical (unpaired) electrons. The summed E-state index contributed by atoms with van der Waals surface area (Å²) in [7, 11) is -3.88. The van der Waals surface area contributed by atoms with E-state index in [0.29, 0.717) is 17.8 Å². The average Bonchev–Trinajstić information content (AvgIpc) is 2.75. The van der Waals surface area contributed by atoms with E-state index in [1.165, 1.54) is 0 Å². The van der Waals surface area contributed by atoms with Gasteiger partial charge in [-0.2, -0.15) is 0 Å². The second kappa shape index (κ2) is 5.34. The molecule has 1 aromatic rings. The molecule has 1 fully saturated rings. The number of anilines is 1. The van der Waals surface area contributed by atoms with Gasteiger partial charge in [-0.1, -0.05) is 11.3 Å². The van der Waals surface area contributed by atoms with Crippen LogP contribution < -0.4 is 15.8 Å². The zero-order valence-electron chi connectivity index (χ0n) is 10.2. The number of nitrogen functional groups attached to an aromatic ring is 1. The van der Waals surface area contributed by atoms with Crippen molar-refractivity contribution in [2.75, 3.05) is 12.3 Å². The number of nitrogens with zero attached hydrogens (tertiary/aromatic N) is 1. The fraction of sp³-hybridized carbons (Fsp3) is 0.444. The van der Waals surface area contributed by atoms with Gasteiger partial charge in [-0.15, -0.1) is 0 Å². The molecule has 1 atom stereocenters. The molecule has 1 aliphatic heterocycles. The molecule has 1 saturated heterocycles. The number of sulfonamides is 1. The molecule has 11 heteroatoms. The van der Waals surface area contributed by atoms with Crippen molar-refractivity contribution < 1.29 is 18.1 Å². The molecule has 0 saturated carbocycles. The van der Waals surface area contributed by atoms with E-state index in [4.69, 9.17) is 5.73 Å². The van der Waals surface area contributed by atoms with Crippen LogP contribution in [0.15, 0.2) is 10.3 Å². The number of nitrogens with two attached hydrogens (primary N) is 1. The van der Waals surface area contributed by atoms with Crippen LogP contribution in [0.4, 0.5) is 10.7 Å². The molecule has 0 spiro atoms. The van der Waals surface area contributed by atoms with E-state index in [1.54, 1.807) is 0 Å². The monoisotopic (exact) mass is 320 g/mol. The zero-order chi connectivity index (χ0) is 14.9. The van der Waals surface area contributed by atoms with E-state index in [2.05, 4.69) is 10.0 Å². The summed E-state index contributed by atoms with van der Waals surface area (Å²) in [4.78, 5) is 20.9. The molecule has 2 rings (SSSR count). The molecular formula is C9H12N4O5S2. The van der Waals surface area contributed by atoms with Crippen molar-refractivity contribution in [3.05, 3.63) is 16.2 Å². The minimum Gasteiger partial charge on any atom is -0.385 e. The van der Waals surface area contributed by atoms with Crippen LogP contribution in [0, 0.1) is 10.1 Å². The topological polar surface area (TPSA) is 144 Å². The maximum atomic E-state index is 12.1. The van der Waals surface area contributed by atoms with Crippen LogP contribution in [-0.2, 0) is 14.8 Å². The Kier molecular flexibility index (Phi) is 3.92. The van der Waals surface area contributed by atoms with Crippen LogP contribution in [0.5, 0.6) is 0 Å². The minimum atomic E-state index is -3.88. The fourth-order valence-corrected chi connectivity index (χ4v) is 4.26.